The quantitative estimate of drug-likeness (QED) is 0.267. The molecule has 0 aliphatic carbocycles. The summed E-state index contributed by atoms with van der Waals surface area (Å²) < 4.78 is 6.17. The molecule has 2 heterocycles. The van der Waals surface area contributed by atoms with Crippen molar-refractivity contribution in [3.8, 4) is 0 Å². The molecule has 0 bridgehead atoms. The average Bonchev–Trinajstić information content (AvgIpc) is 3.38. The molecule has 1 aromatic carbocycles. The molecule has 15 nitrogen and oxygen atoms in total. The number of para-hydroxylation sites is 1. The standard InChI is InChI=1S/C17H16N8O7/c1-10-8-14(25(30)31)21-23(10)9-13-20-17(32-22-13)16(27)19-7-6-18-15(26)11-4-2-3-5-12(11)24(28)29/h2-5,8H,6-7,9H2,1H3,(H,18,26)(H,19,27). The summed E-state index contributed by atoms with van der Waals surface area (Å²) in [7, 11) is 0. The summed E-state index contributed by atoms with van der Waals surface area (Å²) in [6.07, 6.45) is 0. The number of nitrogens with one attached hydrogen (secondary N) is 2. The number of amides is 2. The highest BCUT2D eigenvalue weighted by molar-refractivity contribution is 5.98. The van der Waals surface area contributed by atoms with Gasteiger partial charge in [-0.25, -0.2) is 0 Å². The lowest BCUT2D eigenvalue weighted by atomic mass is 10.1. The third kappa shape index (κ3) is 5.07. The van der Waals surface area contributed by atoms with Crippen molar-refractivity contribution in [2.45, 2.75) is 13.5 Å². The van der Waals surface area contributed by atoms with Gasteiger partial charge in [0.2, 0.25) is 0 Å². The minimum atomic E-state index is -0.702. The van der Waals surface area contributed by atoms with Crippen molar-refractivity contribution in [3.05, 3.63) is 73.5 Å². The fourth-order valence-corrected chi connectivity index (χ4v) is 2.63. The van der Waals surface area contributed by atoms with Gasteiger partial charge < -0.3 is 25.3 Å². The van der Waals surface area contributed by atoms with E-state index in [4.69, 9.17) is 4.52 Å². The zero-order valence-corrected chi connectivity index (χ0v) is 16.5. The Morgan fingerprint density at radius 2 is 1.78 bits per heavy atom. The normalized spacial score (nSPS) is 10.5. The van der Waals surface area contributed by atoms with Crippen LogP contribution in [0.4, 0.5) is 11.5 Å². The Kier molecular flexibility index (Phi) is 6.47. The minimum Gasteiger partial charge on any atom is -0.358 e. The second-order valence-electron chi connectivity index (χ2n) is 6.36. The van der Waals surface area contributed by atoms with E-state index in [0.717, 1.165) is 0 Å². The molecule has 0 radical (unpaired) electrons. The number of carbonyl (C=O) groups excluding carboxylic acids is 2. The molecule has 2 amide bonds. The van der Waals surface area contributed by atoms with Gasteiger partial charge in [-0.1, -0.05) is 17.3 Å². The number of carbonyl (C=O) groups is 2. The average molecular weight is 444 g/mol. The maximum Gasteiger partial charge on any atom is 0.390 e. The number of hydrogen-bond acceptors (Lipinski definition) is 10. The molecule has 0 unspecified atom stereocenters. The number of nitro benzene ring substituents is 1. The molecule has 0 saturated carbocycles. The fourth-order valence-electron chi connectivity index (χ4n) is 2.63. The molecular formula is C17H16N8O7. The molecule has 15 heteroatoms. The Labute approximate surface area is 178 Å². The molecule has 0 aliphatic heterocycles. The van der Waals surface area contributed by atoms with Gasteiger partial charge in [-0.05, 0) is 17.9 Å². The van der Waals surface area contributed by atoms with Crippen LogP contribution < -0.4 is 10.6 Å². The molecular weight excluding hydrogens is 428 g/mol. The molecule has 0 spiro atoms. The number of rotatable bonds is 9. The molecule has 2 N–H and O–H groups in total. The highest BCUT2D eigenvalue weighted by Gasteiger charge is 2.21. The molecule has 0 fully saturated rings. The summed E-state index contributed by atoms with van der Waals surface area (Å²) in [4.78, 5) is 48.6. The molecule has 3 aromatic rings. The van der Waals surface area contributed by atoms with Crippen molar-refractivity contribution >= 4 is 23.3 Å². The van der Waals surface area contributed by atoms with Gasteiger partial charge in [0.1, 0.15) is 12.1 Å². The summed E-state index contributed by atoms with van der Waals surface area (Å²) in [5.74, 6) is -1.95. The van der Waals surface area contributed by atoms with Gasteiger partial charge in [-0.3, -0.25) is 19.7 Å². The van der Waals surface area contributed by atoms with E-state index in [2.05, 4.69) is 25.9 Å². The zero-order chi connectivity index (χ0) is 23.3. The summed E-state index contributed by atoms with van der Waals surface area (Å²) in [6, 6.07) is 6.77. The second-order valence-corrected chi connectivity index (χ2v) is 6.36. The van der Waals surface area contributed by atoms with Gasteiger partial charge in [0.05, 0.1) is 21.8 Å². The summed E-state index contributed by atoms with van der Waals surface area (Å²) >= 11 is 0. The van der Waals surface area contributed by atoms with Crippen LogP contribution >= 0.6 is 0 Å². The molecule has 0 atom stereocenters. The van der Waals surface area contributed by atoms with Crippen LogP contribution in [0.25, 0.3) is 0 Å². The first-order chi connectivity index (χ1) is 15.3. The molecule has 2 aromatic heterocycles. The van der Waals surface area contributed by atoms with E-state index >= 15 is 0 Å². The van der Waals surface area contributed by atoms with Crippen LogP contribution in [0.2, 0.25) is 0 Å². The third-order valence-corrected chi connectivity index (χ3v) is 4.15. The van der Waals surface area contributed by atoms with Gasteiger partial charge in [-0.2, -0.15) is 9.67 Å². The lowest BCUT2D eigenvalue weighted by molar-refractivity contribution is -0.389. The maximum atomic E-state index is 12.1. The van der Waals surface area contributed by atoms with Crippen molar-refractivity contribution in [2.75, 3.05) is 13.1 Å². The summed E-state index contributed by atoms with van der Waals surface area (Å²) in [6.45, 7) is 1.57. The third-order valence-electron chi connectivity index (χ3n) is 4.15. The van der Waals surface area contributed by atoms with Gasteiger partial charge >= 0.3 is 17.6 Å². The van der Waals surface area contributed by atoms with E-state index in [1.807, 2.05) is 0 Å². The van der Waals surface area contributed by atoms with Gasteiger partial charge in [0, 0.05) is 19.2 Å². The second kappa shape index (κ2) is 9.41. The number of nitro groups is 2. The van der Waals surface area contributed by atoms with Crippen molar-refractivity contribution in [3.63, 3.8) is 0 Å². The molecule has 3 rings (SSSR count). The summed E-state index contributed by atoms with van der Waals surface area (Å²) in [5, 5.41) is 34.1. The Hall–Kier alpha value is -4.69. The van der Waals surface area contributed by atoms with Crippen molar-refractivity contribution in [1.82, 2.24) is 30.6 Å². The van der Waals surface area contributed by atoms with E-state index in [1.165, 1.54) is 35.0 Å². The van der Waals surface area contributed by atoms with Crippen molar-refractivity contribution in [2.24, 2.45) is 0 Å². The van der Waals surface area contributed by atoms with E-state index in [0.29, 0.717) is 5.69 Å². The van der Waals surface area contributed by atoms with Gasteiger partial charge in [0.15, 0.2) is 5.82 Å². The fraction of sp³-hybridized carbons (Fsp3) is 0.235. The Morgan fingerprint density at radius 3 is 2.44 bits per heavy atom. The van der Waals surface area contributed by atoms with Crippen molar-refractivity contribution in [1.29, 1.82) is 0 Å². The first kappa shape index (κ1) is 22.0. The van der Waals surface area contributed by atoms with E-state index < -0.39 is 21.7 Å². The first-order valence-electron chi connectivity index (χ1n) is 9.07. The monoisotopic (exact) mass is 444 g/mol. The Bertz CT molecular complexity index is 1190. The van der Waals surface area contributed by atoms with Crippen LogP contribution in [0.1, 0.15) is 32.6 Å². The maximum absolute atomic E-state index is 12.1. The number of hydrogen-bond donors (Lipinski definition) is 2. The number of benzene rings is 1. The van der Waals surface area contributed by atoms with E-state index in [1.54, 1.807) is 6.92 Å². The molecule has 166 valence electrons. The lowest BCUT2D eigenvalue weighted by Crippen LogP contribution is -2.35. The van der Waals surface area contributed by atoms with Gasteiger partial charge in [-0.15, -0.1) is 0 Å². The predicted octanol–water partition coefficient (Wildman–Crippen LogP) is 0.599. The van der Waals surface area contributed by atoms with Crippen LogP contribution in [0.3, 0.4) is 0 Å². The van der Waals surface area contributed by atoms with Crippen LogP contribution in [-0.4, -0.2) is 54.7 Å². The zero-order valence-electron chi connectivity index (χ0n) is 16.5. The van der Waals surface area contributed by atoms with Crippen LogP contribution in [-0.2, 0) is 6.54 Å². The smallest absolute Gasteiger partial charge is 0.358 e. The largest absolute Gasteiger partial charge is 0.390 e. The lowest BCUT2D eigenvalue weighted by Gasteiger charge is -2.06. The SMILES string of the molecule is Cc1cc([N+](=O)[O-])nn1Cc1noc(C(=O)NCCNC(=O)c2ccccc2[N+](=O)[O-])n1. The highest BCUT2D eigenvalue weighted by atomic mass is 16.6. The van der Waals surface area contributed by atoms with Crippen LogP contribution in [0.5, 0.6) is 0 Å². The van der Waals surface area contributed by atoms with Crippen LogP contribution in [0, 0.1) is 27.2 Å². The molecule has 32 heavy (non-hydrogen) atoms. The topological polar surface area (TPSA) is 201 Å². The van der Waals surface area contributed by atoms with Crippen molar-refractivity contribution < 1.29 is 24.0 Å². The first-order valence-corrected chi connectivity index (χ1v) is 9.07. The van der Waals surface area contributed by atoms with Crippen LogP contribution in [0.15, 0.2) is 34.9 Å². The van der Waals surface area contributed by atoms with Gasteiger partial charge in [0.25, 0.3) is 11.6 Å². The Balaban J connectivity index is 1.50. The number of aromatic nitrogens is 4. The number of nitrogens with zero attached hydrogens (tertiary/aromatic N) is 6. The molecule has 0 aliphatic rings. The van der Waals surface area contributed by atoms with E-state index in [-0.39, 0.29) is 48.4 Å². The minimum absolute atomic E-state index is 0.00619. The Morgan fingerprint density at radius 1 is 1.09 bits per heavy atom. The highest BCUT2D eigenvalue weighted by Crippen LogP contribution is 2.17. The molecule has 0 saturated heterocycles. The number of aryl methyl sites for hydroxylation is 1. The summed E-state index contributed by atoms with van der Waals surface area (Å²) in [5.41, 5.74) is 0.0755. The predicted molar refractivity (Wildman–Crippen MR) is 105 cm³/mol. The van der Waals surface area contributed by atoms with E-state index in [9.17, 15) is 29.8 Å².